The Morgan fingerprint density at radius 2 is 2.00 bits per heavy atom. The van der Waals surface area contributed by atoms with E-state index in [1.165, 1.54) is 32.1 Å². The Balaban J connectivity index is 1.98. The van der Waals surface area contributed by atoms with Crippen molar-refractivity contribution in [2.75, 3.05) is 13.6 Å². The van der Waals surface area contributed by atoms with Gasteiger partial charge in [0.1, 0.15) is 0 Å². The van der Waals surface area contributed by atoms with E-state index in [1.807, 2.05) is 7.05 Å². The van der Waals surface area contributed by atoms with Crippen molar-refractivity contribution in [1.82, 2.24) is 10.6 Å². The topological polar surface area (TPSA) is 41.1 Å². The summed E-state index contributed by atoms with van der Waals surface area (Å²) >= 11 is 0. The van der Waals surface area contributed by atoms with Crippen molar-refractivity contribution in [1.29, 1.82) is 0 Å². The summed E-state index contributed by atoms with van der Waals surface area (Å²) in [6.07, 6.45) is 7.68. The number of nitrogens with one attached hydrogen (secondary N) is 2. The second kappa shape index (κ2) is 4.97. The molecule has 0 aromatic rings. The molecule has 1 heterocycles. The maximum Gasteiger partial charge on any atom is 0.224 e. The fourth-order valence-corrected chi connectivity index (χ4v) is 3.21. The lowest BCUT2D eigenvalue weighted by Gasteiger charge is -2.32. The molecule has 3 heteroatoms. The first kappa shape index (κ1) is 10.9. The highest BCUT2D eigenvalue weighted by molar-refractivity contribution is 5.81. The molecular weight excluding hydrogens is 188 g/mol. The summed E-state index contributed by atoms with van der Waals surface area (Å²) in [4.78, 5) is 11.7. The fourth-order valence-electron chi connectivity index (χ4n) is 3.21. The molecule has 2 atom stereocenters. The Bertz CT molecular complexity index is 224. The average Bonchev–Trinajstić information content (AvgIpc) is 2.68. The van der Waals surface area contributed by atoms with Gasteiger partial charge in [0.05, 0.1) is 5.92 Å². The summed E-state index contributed by atoms with van der Waals surface area (Å²) in [5, 5.41) is 6.33. The van der Waals surface area contributed by atoms with Crippen LogP contribution in [0.3, 0.4) is 0 Å². The van der Waals surface area contributed by atoms with Crippen molar-refractivity contribution < 1.29 is 4.79 Å². The third kappa shape index (κ3) is 2.33. The molecule has 86 valence electrons. The van der Waals surface area contributed by atoms with Gasteiger partial charge in [-0.3, -0.25) is 4.79 Å². The normalized spacial score (nSPS) is 30.2. The molecule has 0 radical (unpaired) electrons. The Kier molecular flexibility index (Phi) is 3.62. The summed E-state index contributed by atoms with van der Waals surface area (Å²) < 4.78 is 0. The monoisotopic (exact) mass is 210 g/mol. The SMILES string of the molecule is CNC(C1CCCCC1)C1CCNC1=O. The maximum absolute atomic E-state index is 11.7. The number of carbonyl (C=O) groups excluding carboxylic acids is 1. The van der Waals surface area contributed by atoms with Crippen LogP contribution in [0.15, 0.2) is 0 Å². The lowest BCUT2D eigenvalue weighted by molar-refractivity contribution is -0.123. The van der Waals surface area contributed by atoms with Crippen LogP contribution in [0.5, 0.6) is 0 Å². The maximum atomic E-state index is 11.7. The molecule has 1 saturated heterocycles. The lowest BCUT2D eigenvalue weighted by Crippen LogP contribution is -2.44. The highest BCUT2D eigenvalue weighted by Crippen LogP contribution is 2.31. The average molecular weight is 210 g/mol. The second-order valence-corrected chi connectivity index (χ2v) is 4.90. The first-order chi connectivity index (χ1) is 7.33. The Morgan fingerprint density at radius 3 is 2.53 bits per heavy atom. The van der Waals surface area contributed by atoms with E-state index in [1.54, 1.807) is 0 Å². The van der Waals surface area contributed by atoms with E-state index >= 15 is 0 Å². The fraction of sp³-hybridized carbons (Fsp3) is 0.917. The second-order valence-electron chi connectivity index (χ2n) is 4.90. The molecule has 0 aromatic carbocycles. The highest BCUT2D eigenvalue weighted by atomic mass is 16.2. The van der Waals surface area contributed by atoms with Crippen molar-refractivity contribution in [3.05, 3.63) is 0 Å². The largest absolute Gasteiger partial charge is 0.356 e. The van der Waals surface area contributed by atoms with Crippen molar-refractivity contribution >= 4 is 5.91 Å². The molecule has 1 aliphatic carbocycles. The van der Waals surface area contributed by atoms with Crippen LogP contribution in [0, 0.1) is 11.8 Å². The molecule has 2 N–H and O–H groups in total. The Morgan fingerprint density at radius 1 is 1.27 bits per heavy atom. The first-order valence-corrected chi connectivity index (χ1v) is 6.28. The minimum Gasteiger partial charge on any atom is -0.356 e. The highest BCUT2D eigenvalue weighted by Gasteiger charge is 2.36. The minimum absolute atomic E-state index is 0.220. The van der Waals surface area contributed by atoms with Crippen LogP contribution in [-0.2, 0) is 4.79 Å². The summed E-state index contributed by atoms with van der Waals surface area (Å²) in [7, 11) is 2.00. The van der Waals surface area contributed by atoms with Gasteiger partial charge >= 0.3 is 0 Å². The molecule has 0 spiro atoms. The van der Waals surface area contributed by atoms with Gasteiger partial charge in [0.2, 0.25) is 5.91 Å². The first-order valence-electron chi connectivity index (χ1n) is 6.28. The number of hydrogen-bond donors (Lipinski definition) is 2. The summed E-state index contributed by atoms with van der Waals surface area (Å²) in [6.45, 7) is 0.869. The van der Waals surface area contributed by atoms with Crippen molar-refractivity contribution in [2.24, 2.45) is 11.8 Å². The van der Waals surface area contributed by atoms with Crippen LogP contribution >= 0.6 is 0 Å². The van der Waals surface area contributed by atoms with Gasteiger partial charge in [-0.15, -0.1) is 0 Å². The standard InChI is InChI=1S/C12H22N2O/c1-13-11(9-5-3-2-4-6-9)10-7-8-14-12(10)15/h9-11,13H,2-8H2,1H3,(H,14,15). The van der Waals surface area contributed by atoms with E-state index in [0.717, 1.165) is 18.9 Å². The molecule has 3 nitrogen and oxygen atoms in total. The van der Waals surface area contributed by atoms with Crippen LogP contribution in [0.1, 0.15) is 38.5 Å². The number of rotatable bonds is 3. The third-order valence-electron chi connectivity index (χ3n) is 4.02. The quantitative estimate of drug-likeness (QED) is 0.737. The summed E-state index contributed by atoms with van der Waals surface area (Å²) in [6, 6.07) is 0.410. The number of carbonyl (C=O) groups is 1. The molecule has 2 fully saturated rings. The molecule has 1 amide bonds. The summed E-state index contributed by atoms with van der Waals surface area (Å²) in [5.74, 6) is 1.20. The molecule has 2 unspecified atom stereocenters. The van der Waals surface area contributed by atoms with E-state index in [0.29, 0.717) is 6.04 Å². The smallest absolute Gasteiger partial charge is 0.224 e. The van der Waals surface area contributed by atoms with Gasteiger partial charge in [0.15, 0.2) is 0 Å². The molecule has 15 heavy (non-hydrogen) atoms. The van der Waals surface area contributed by atoms with Gasteiger partial charge in [-0.1, -0.05) is 19.3 Å². The van der Waals surface area contributed by atoms with E-state index in [2.05, 4.69) is 10.6 Å². The third-order valence-corrected chi connectivity index (χ3v) is 4.02. The van der Waals surface area contributed by atoms with Crippen LogP contribution in [-0.4, -0.2) is 25.5 Å². The predicted octanol–water partition coefficient (Wildman–Crippen LogP) is 1.29. The van der Waals surface area contributed by atoms with Crippen LogP contribution < -0.4 is 10.6 Å². The van der Waals surface area contributed by atoms with Gasteiger partial charge in [-0.2, -0.15) is 0 Å². The van der Waals surface area contributed by atoms with Crippen LogP contribution in [0.4, 0.5) is 0 Å². The molecule has 1 aliphatic heterocycles. The molecule has 0 bridgehead atoms. The van der Waals surface area contributed by atoms with Crippen LogP contribution in [0.25, 0.3) is 0 Å². The molecule has 0 aromatic heterocycles. The van der Waals surface area contributed by atoms with Gasteiger partial charge < -0.3 is 10.6 Å². The van der Waals surface area contributed by atoms with Crippen molar-refractivity contribution in [3.8, 4) is 0 Å². The van der Waals surface area contributed by atoms with E-state index in [9.17, 15) is 4.79 Å². The minimum atomic E-state index is 0.220. The van der Waals surface area contributed by atoms with Gasteiger partial charge in [-0.25, -0.2) is 0 Å². The van der Waals surface area contributed by atoms with Gasteiger partial charge in [-0.05, 0) is 32.2 Å². The van der Waals surface area contributed by atoms with E-state index in [-0.39, 0.29) is 11.8 Å². The number of hydrogen-bond acceptors (Lipinski definition) is 2. The Hall–Kier alpha value is -0.570. The zero-order valence-electron chi connectivity index (χ0n) is 9.59. The van der Waals surface area contributed by atoms with E-state index < -0.39 is 0 Å². The molecular formula is C12H22N2O. The zero-order chi connectivity index (χ0) is 10.7. The molecule has 1 saturated carbocycles. The van der Waals surface area contributed by atoms with Gasteiger partial charge in [0.25, 0.3) is 0 Å². The van der Waals surface area contributed by atoms with Crippen molar-refractivity contribution in [3.63, 3.8) is 0 Å². The van der Waals surface area contributed by atoms with Crippen LogP contribution in [0.2, 0.25) is 0 Å². The van der Waals surface area contributed by atoms with Gasteiger partial charge in [0, 0.05) is 12.6 Å². The van der Waals surface area contributed by atoms with Crippen molar-refractivity contribution in [2.45, 2.75) is 44.6 Å². The molecule has 2 rings (SSSR count). The van der Waals surface area contributed by atoms with E-state index in [4.69, 9.17) is 0 Å². The number of amides is 1. The molecule has 2 aliphatic rings. The predicted molar refractivity (Wildman–Crippen MR) is 60.5 cm³/mol. The lowest BCUT2D eigenvalue weighted by atomic mass is 9.78. The zero-order valence-corrected chi connectivity index (χ0v) is 9.59. The summed E-state index contributed by atoms with van der Waals surface area (Å²) in [5.41, 5.74) is 0. The Labute approximate surface area is 92.0 Å².